The number of hydrogen-bond donors (Lipinski definition) is 0. The molecule has 0 N–H and O–H groups in total. The van der Waals surface area contributed by atoms with Crippen LogP contribution in [0.5, 0.6) is 0 Å². The fourth-order valence-corrected chi connectivity index (χ4v) is 5.01. The Kier molecular flexibility index (Phi) is 6.69. The molecule has 1 saturated heterocycles. The van der Waals surface area contributed by atoms with Gasteiger partial charge < -0.3 is 9.64 Å². The Morgan fingerprint density at radius 3 is 2.06 bits per heavy atom. The fraction of sp³-hybridized carbons (Fsp3) is 0.188. The number of nitrogens with zero attached hydrogens (tertiary/aromatic N) is 3. The molecule has 0 unspecified atom stereocenters. The summed E-state index contributed by atoms with van der Waals surface area (Å²) in [5.41, 5.74) is 4.19. The summed E-state index contributed by atoms with van der Waals surface area (Å²) in [6.07, 6.45) is 8.69. The molecule has 1 fully saturated rings. The Labute approximate surface area is 212 Å². The third kappa shape index (κ3) is 4.67. The second kappa shape index (κ2) is 10.4. The van der Waals surface area contributed by atoms with Crippen LogP contribution in [0.1, 0.15) is 36.0 Å². The molecule has 0 aliphatic carbocycles. The maximum atomic E-state index is 9.69. The minimum Gasteiger partial charge on any atom is -0.478 e. The van der Waals surface area contributed by atoms with Crippen LogP contribution < -0.4 is 4.90 Å². The van der Waals surface area contributed by atoms with Crippen LogP contribution in [0, 0.1) is 17.9 Å². The highest BCUT2D eigenvalue weighted by atomic mass is 16.5. The summed E-state index contributed by atoms with van der Waals surface area (Å²) in [5.74, 6) is 0.615. The van der Waals surface area contributed by atoms with E-state index in [1.807, 2.05) is 78.9 Å². The molecule has 36 heavy (non-hydrogen) atoms. The van der Waals surface area contributed by atoms with Crippen LogP contribution >= 0.6 is 0 Å². The molecule has 2 aliphatic heterocycles. The minimum absolute atomic E-state index is 0.0930. The lowest BCUT2D eigenvalue weighted by atomic mass is 9.79. The number of hydrogen-bond acceptors (Lipinski definition) is 3. The maximum absolute atomic E-state index is 9.69. The molecule has 0 radical (unpaired) electrons. The molecule has 5 rings (SSSR count). The SMILES string of the molecule is [C-]#[N+]C(C#N)=C1C=C(C=Cc2ccc(N3CCCC3)cc2)OC(c2ccccc2)(c2ccccc2)C1. The summed E-state index contributed by atoms with van der Waals surface area (Å²) in [4.78, 5) is 5.94. The Balaban J connectivity index is 1.54. The first-order valence-corrected chi connectivity index (χ1v) is 12.3. The van der Waals surface area contributed by atoms with Crippen molar-refractivity contribution in [1.29, 1.82) is 5.26 Å². The fourth-order valence-electron chi connectivity index (χ4n) is 5.01. The molecule has 0 bridgehead atoms. The quantitative estimate of drug-likeness (QED) is 0.292. The van der Waals surface area contributed by atoms with Crippen molar-refractivity contribution in [3.05, 3.63) is 142 Å². The van der Waals surface area contributed by atoms with E-state index in [2.05, 4.69) is 40.1 Å². The van der Waals surface area contributed by atoms with Gasteiger partial charge in [-0.05, 0) is 48.3 Å². The highest BCUT2D eigenvalue weighted by molar-refractivity contribution is 5.59. The van der Waals surface area contributed by atoms with Gasteiger partial charge in [0.15, 0.2) is 5.60 Å². The predicted molar refractivity (Wildman–Crippen MR) is 144 cm³/mol. The normalized spacial score (nSPS) is 18.2. The largest absolute Gasteiger partial charge is 0.478 e. The summed E-state index contributed by atoms with van der Waals surface area (Å²) >= 11 is 0. The van der Waals surface area contributed by atoms with Gasteiger partial charge in [0, 0.05) is 36.3 Å². The van der Waals surface area contributed by atoms with Crippen LogP contribution in [0.2, 0.25) is 0 Å². The second-order valence-corrected chi connectivity index (χ2v) is 9.10. The van der Waals surface area contributed by atoms with E-state index in [-0.39, 0.29) is 5.70 Å². The number of anilines is 1. The van der Waals surface area contributed by atoms with Crippen molar-refractivity contribution in [2.24, 2.45) is 0 Å². The molecule has 0 aromatic heterocycles. The first-order chi connectivity index (χ1) is 17.7. The Morgan fingerprint density at radius 2 is 1.50 bits per heavy atom. The molecule has 0 atom stereocenters. The van der Waals surface area contributed by atoms with E-state index in [1.54, 1.807) is 0 Å². The topological polar surface area (TPSA) is 40.6 Å². The molecule has 176 valence electrons. The van der Waals surface area contributed by atoms with Gasteiger partial charge in [0.25, 0.3) is 5.70 Å². The standard InChI is InChI=1S/C32H27N3O/c1-34-31(24-33)26-22-30(19-16-25-14-17-29(18-15-25)35-20-8-9-21-35)36-32(23-26,27-10-4-2-5-11-27)28-12-6-3-7-13-28/h2-7,10-19,22H,8-9,20-21,23H2. The van der Waals surface area contributed by atoms with Crippen molar-refractivity contribution in [3.63, 3.8) is 0 Å². The molecule has 0 saturated carbocycles. The highest BCUT2D eigenvalue weighted by Gasteiger charge is 2.40. The molecular formula is C32H27N3O. The van der Waals surface area contributed by atoms with E-state index < -0.39 is 5.60 Å². The number of nitriles is 1. The van der Waals surface area contributed by atoms with E-state index in [0.717, 1.165) is 29.8 Å². The molecular weight excluding hydrogens is 442 g/mol. The third-order valence-corrected chi connectivity index (χ3v) is 6.85. The predicted octanol–water partition coefficient (Wildman–Crippen LogP) is 7.24. The maximum Gasteiger partial charge on any atom is 0.265 e. The van der Waals surface area contributed by atoms with Gasteiger partial charge in [-0.2, -0.15) is 0 Å². The lowest BCUT2D eigenvalue weighted by Gasteiger charge is -2.39. The monoisotopic (exact) mass is 469 g/mol. The van der Waals surface area contributed by atoms with E-state index >= 15 is 0 Å². The van der Waals surface area contributed by atoms with Gasteiger partial charge in [0.2, 0.25) is 0 Å². The van der Waals surface area contributed by atoms with Gasteiger partial charge in [-0.3, -0.25) is 0 Å². The highest BCUT2D eigenvalue weighted by Crippen LogP contribution is 2.45. The zero-order chi connectivity index (χ0) is 24.8. The van der Waals surface area contributed by atoms with Gasteiger partial charge in [0.05, 0.1) is 12.6 Å². The summed E-state index contributed by atoms with van der Waals surface area (Å²) in [5, 5.41) is 9.69. The molecule has 2 heterocycles. The van der Waals surface area contributed by atoms with Gasteiger partial charge in [0.1, 0.15) is 5.76 Å². The zero-order valence-electron chi connectivity index (χ0n) is 20.1. The van der Waals surface area contributed by atoms with E-state index in [4.69, 9.17) is 11.3 Å². The Hall–Kier alpha value is -4.54. The van der Waals surface area contributed by atoms with E-state index in [1.165, 1.54) is 18.5 Å². The van der Waals surface area contributed by atoms with Gasteiger partial charge in [-0.15, -0.1) is 0 Å². The molecule has 4 heteroatoms. The number of benzene rings is 3. The van der Waals surface area contributed by atoms with Crippen molar-refractivity contribution < 1.29 is 4.74 Å². The van der Waals surface area contributed by atoms with Gasteiger partial charge in [-0.1, -0.05) is 78.9 Å². The molecule has 0 spiro atoms. The van der Waals surface area contributed by atoms with Gasteiger partial charge >= 0.3 is 0 Å². The van der Waals surface area contributed by atoms with Crippen LogP contribution in [0.3, 0.4) is 0 Å². The van der Waals surface area contributed by atoms with Crippen molar-refractivity contribution >= 4 is 11.8 Å². The summed E-state index contributed by atoms with van der Waals surface area (Å²) in [6.45, 7) is 9.82. The third-order valence-electron chi connectivity index (χ3n) is 6.85. The first-order valence-electron chi connectivity index (χ1n) is 12.3. The van der Waals surface area contributed by atoms with Gasteiger partial charge in [-0.25, -0.2) is 10.1 Å². The minimum atomic E-state index is -0.849. The van der Waals surface area contributed by atoms with E-state index in [0.29, 0.717) is 17.8 Å². The Bertz CT molecular complexity index is 1330. The van der Waals surface area contributed by atoms with Crippen LogP contribution in [0.15, 0.2) is 114 Å². The van der Waals surface area contributed by atoms with Crippen molar-refractivity contribution in [2.75, 3.05) is 18.0 Å². The average Bonchev–Trinajstić information content (AvgIpc) is 3.49. The molecule has 3 aromatic rings. The molecule has 0 amide bonds. The van der Waals surface area contributed by atoms with Crippen molar-refractivity contribution in [1.82, 2.24) is 0 Å². The number of ether oxygens (including phenoxy) is 1. The summed E-state index contributed by atoms with van der Waals surface area (Å²) in [6, 6.07) is 30.7. The van der Waals surface area contributed by atoms with Crippen LogP contribution in [-0.2, 0) is 10.3 Å². The lowest BCUT2D eigenvalue weighted by molar-refractivity contribution is 0.0348. The number of rotatable bonds is 5. The Morgan fingerprint density at radius 1 is 0.889 bits per heavy atom. The van der Waals surface area contributed by atoms with Crippen molar-refractivity contribution in [2.45, 2.75) is 24.9 Å². The lowest BCUT2D eigenvalue weighted by Crippen LogP contribution is -2.34. The van der Waals surface area contributed by atoms with Crippen LogP contribution in [-0.4, -0.2) is 13.1 Å². The summed E-state index contributed by atoms with van der Waals surface area (Å²) < 4.78 is 6.76. The van der Waals surface area contributed by atoms with Crippen molar-refractivity contribution in [3.8, 4) is 6.07 Å². The zero-order valence-corrected chi connectivity index (χ0v) is 20.1. The average molecular weight is 470 g/mol. The molecule has 3 aromatic carbocycles. The van der Waals surface area contributed by atoms with E-state index in [9.17, 15) is 5.26 Å². The second-order valence-electron chi connectivity index (χ2n) is 9.10. The first kappa shape index (κ1) is 23.2. The van der Waals surface area contributed by atoms with Crippen LogP contribution in [0.25, 0.3) is 10.9 Å². The summed E-state index contributed by atoms with van der Waals surface area (Å²) in [7, 11) is 0. The molecule has 2 aliphatic rings. The number of allylic oxidation sites excluding steroid dienone is 3. The van der Waals surface area contributed by atoms with Crippen LogP contribution in [0.4, 0.5) is 5.69 Å². The smallest absolute Gasteiger partial charge is 0.265 e. The molecule has 4 nitrogen and oxygen atoms in total.